The lowest BCUT2D eigenvalue weighted by Gasteiger charge is -2.30. The summed E-state index contributed by atoms with van der Waals surface area (Å²) in [6, 6.07) is 19.4. The second kappa shape index (κ2) is 8.34. The van der Waals surface area contributed by atoms with E-state index in [1.807, 2.05) is 67.6 Å². The summed E-state index contributed by atoms with van der Waals surface area (Å²) in [6.45, 7) is 2.15. The van der Waals surface area contributed by atoms with Crippen molar-refractivity contribution in [3.63, 3.8) is 0 Å². The van der Waals surface area contributed by atoms with E-state index in [9.17, 15) is 9.90 Å². The number of ether oxygens (including phenoxy) is 1. The minimum Gasteiger partial charge on any atom is -0.445 e. The monoisotopic (exact) mass is 313 g/mol. The molecule has 2 rings (SSSR count). The van der Waals surface area contributed by atoms with Crippen molar-refractivity contribution >= 4 is 6.09 Å². The van der Waals surface area contributed by atoms with Crippen LogP contribution in [0.5, 0.6) is 0 Å². The third-order valence-electron chi connectivity index (χ3n) is 3.72. The van der Waals surface area contributed by atoms with E-state index in [0.29, 0.717) is 12.8 Å². The van der Waals surface area contributed by atoms with Crippen LogP contribution in [-0.2, 0) is 17.8 Å². The van der Waals surface area contributed by atoms with E-state index < -0.39 is 11.6 Å². The molecule has 2 aromatic rings. The van der Waals surface area contributed by atoms with Crippen LogP contribution in [0, 0.1) is 0 Å². The molecular weight excluding hydrogens is 290 g/mol. The Morgan fingerprint density at radius 1 is 1.04 bits per heavy atom. The fourth-order valence-corrected chi connectivity index (χ4v) is 2.49. The average molecular weight is 313 g/mol. The normalized spacial score (nSPS) is 13.1. The van der Waals surface area contributed by atoms with Gasteiger partial charge in [-0.2, -0.15) is 0 Å². The minimum absolute atomic E-state index is 0.00228. The number of aliphatic hydroxyl groups excluding tert-OH is 1. The van der Waals surface area contributed by atoms with Gasteiger partial charge in [0, 0.05) is 12.1 Å². The molecule has 4 nitrogen and oxygen atoms in total. The largest absolute Gasteiger partial charge is 0.445 e. The molecule has 1 atom stereocenters. The lowest BCUT2D eigenvalue weighted by Crippen LogP contribution is -2.48. The van der Waals surface area contributed by atoms with Gasteiger partial charge in [0.2, 0.25) is 0 Å². The molecule has 1 amide bonds. The summed E-state index contributed by atoms with van der Waals surface area (Å²) in [5, 5.41) is 12.2. The molecule has 23 heavy (non-hydrogen) atoms. The van der Waals surface area contributed by atoms with Crippen molar-refractivity contribution in [3.05, 3.63) is 71.8 Å². The van der Waals surface area contributed by atoms with Crippen LogP contribution in [0.3, 0.4) is 0 Å². The maximum absolute atomic E-state index is 12.1. The van der Waals surface area contributed by atoms with Crippen LogP contribution >= 0.6 is 0 Å². The van der Waals surface area contributed by atoms with Crippen LogP contribution in [0.15, 0.2) is 60.7 Å². The summed E-state index contributed by atoms with van der Waals surface area (Å²) >= 11 is 0. The molecule has 4 heteroatoms. The van der Waals surface area contributed by atoms with Gasteiger partial charge in [-0.3, -0.25) is 0 Å². The second-order valence-electron chi connectivity index (χ2n) is 5.88. The molecule has 0 aliphatic rings. The first-order valence-electron chi connectivity index (χ1n) is 7.75. The van der Waals surface area contributed by atoms with Crippen molar-refractivity contribution in [3.8, 4) is 0 Å². The summed E-state index contributed by atoms with van der Waals surface area (Å²) in [6.07, 6.45) is 0.623. The SMILES string of the molecule is C[C@@](CCO)(Cc1ccccc1)NC(=O)OCc1ccccc1. The highest BCUT2D eigenvalue weighted by molar-refractivity contribution is 5.68. The van der Waals surface area contributed by atoms with Gasteiger partial charge in [0.05, 0.1) is 0 Å². The van der Waals surface area contributed by atoms with E-state index in [4.69, 9.17) is 4.74 Å². The maximum atomic E-state index is 12.1. The quantitative estimate of drug-likeness (QED) is 0.824. The van der Waals surface area contributed by atoms with E-state index in [2.05, 4.69) is 5.32 Å². The van der Waals surface area contributed by atoms with Gasteiger partial charge in [-0.25, -0.2) is 4.79 Å². The van der Waals surface area contributed by atoms with Crippen LogP contribution in [0.25, 0.3) is 0 Å². The highest BCUT2D eigenvalue weighted by atomic mass is 16.5. The molecule has 0 fully saturated rings. The van der Waals surface area contributed by atoms with Crippen LogP contribution in [-0.4, -0.2) is 23.3 Å². The van der Waals surface area contributed by atoms with E-state index >= 15 is 0 Å². The number of nitrogens with one attached hydrogen (secondary N) is 1. The number of hydrogen-bond acceptors (Lipinski definition) is 3. The van der Waals surface area contributed by atoms with Crippen molar-refractivity contribution in [1.29, 1.82) is 0 Å². The van der Waals surface area contributed by atoms with Crippen molar-refractivity contribution < 1.29 is 14.6 Å². The van der Waals surface area contributed by atoms with Crippen molar-refractivity contribution in [2.24, 2.45) is 0 Å². The van der Waals surface area contributed by atoms with E-state index in [1.54, 1.807) is 0 Å². The minimum atomic E-state index is -0.552. The van der Waals surface area contributed by atoms with Crippen molar-refractivity contribution in [1.82, 2.24) is 5.32 Å². The van der Waals surface area contributed by atoms with Crippen LogP contribution in [0.1, 0.15) is 24.5 Å². The Balaban J connectivity index is 1.93. The topological polar surface area (TPSA) is 58.6 Å². The van der Waals surface area contributed by atoms with Crippen LogP contribution in [0.2, 0.25) is 0 Å². The number of benzene rings is 2. The zero-order valence-corrected chi connectivity index (χ0v) is 13.4. The zero-order chi connectivity index (χ0) is 16.5. The third kappa shape index (κ3) is 5.75. The number of carbonyl (C=O) groups excluding carboxylic acids is 1. The van der Waals surface area contributed by atoms with Gasteiger partial charge in [-0.1, -0.05) is 60.7 Å². The number of amides is 1. The van der Waals surface area contributed by atoms with Crippen molar-refractivity contribution in [2.45, 2.75) is 31.9 Å². The van der Waals surface area contributed by atoms with E-state index in [0.717, 1.165) is 11.1 Å². The number of hydrogen-bond donors (Lipinski definition) is 2. The fraction of sp³-hybridized carbons (Fsp3) is 0.316. The summed E-state index contributed by atoms with van der Waals surface area (Å²) < 4.78 is 5.28. The first-order valence-corrected chi connectivity index (χ1v) is 7.75. The van der Waals surface area contributed by atoms with Gasteiger partial charge >= 0.3 is 6.09 Å². The van der Waals surface area contributed by atoms with Gasteiger partial charge < -0.3 is 15.2 Å². The molecule has 0 saturated carbocycles. The molecule has 0 heterocycles. The van der Waals surface area contributed by atoms with Gasteiger partial charge in [0.15, 0.2) is 0 Å². The molecule has 0 unspecified atom stereocenters. The lowest BCUT2D eigenvalue weighted by atomic mass is 9.90. The van der Waals surface area contributed by atoms with E-state index in [-0.39, 0.29) is 13.2 Å². The second-order valence-corrected chi connectivity index (χ2v) is 5.88. The van der Waals surface area contributed by atoms with Gasteiger partial charge in [-0.15, -0.1) is 0 Å². The number of alkyl carbamates (subject to hydrolysis) is 1. The first-order chi connectivity index (χ1) is 11.1. The molecular formula is C19H23NO3. The number of aliphatic hydroxyl groups is 1. The zero-order valence-electron chi connectivity index (χ0n) is 13.4. The van der Waals surface area contributed by atoms with Gasteiger partial charge in [0.25, 0.3) is 0 Å². The Labute approximate surface area is 137 Å². The maximum Gasteiger partial charge on any atom is 0.407 e. The summed E-state index contributed by atoms with van der Waals surface area (Å²) in [5.41, 5.74) is 1.49. The van der Waals surface area contributed by atoms with Gasteiger partial charge in [-0.05, 0) is 30.9 Å². The third-order valence-corrected chi connectivity index (χ3v) is 3.72. The predicted octanol–water partition coefficient (Wildman–Crippen LogP) is 3.30. The summed E-state index contributed by atoms with van der Waals surface area (Å²) in [5.74, 6) is 0. The molecule has 2 aromatic carbocycles. The molecule has 0 saturated heterocycles. The predicted molar refractivity (Wildman–Crippen MR) is 90.0 cm³/mol. The van der Waals surface area contributed by atoms with Gasteiger partial charge in [0.1, 0.15) is 6.61 Å². The van der Waals surface area contributed by atoms with Crippen LogP contribution < -0.4 is 5.32 Å². The Bertz CT molecular complexity index is 601. The van der Waals surface area contributed by atoms with E-state index in [1.165, 1.54) is 0 Å². The Hall–Kier alpha value is -2.33. The highest BCUT2D eigenvalue weighted by Crippen LogP contribution is 2.17. The molecule has 0 radical (unpaired) electrons. The molecule has 0 aromatic heterocycles. The summed E-state index contributed by atoms with van der Waals surface area (Å²) in [4.78, 5) is 12.1. The smallest absolute Gasteiger partial charge is 0.407 e. The molecule has 0 bridgehead atoms. The summed E-state index contributed by atoms with van der Waals surface area (Å²) in [7, 11) is 0. The molecule has 0 spiro atoms. The standard InChI is InChI=1S/C19H23NO3/c1-19(12-13-21,14-16-8-4-2-5-9-16)20-18(22)23-15-17-10-6-3-7-11-17/h2-11,21H,12-15H2,1H3,(H,20,22)/t19-/m1/s1. The Morgan fingerprint density at radius 3 is 2.17 bits per heavy atom. The number of rotatable bonds is 7. The Kier molecular flexibility index (Phi) is 6.18. The van der Waals surface area contributed by atoms with Crippen molar-refractivity contribution in [2.75, 3.05) is 6.61 Å². The molecule has 2 N–H and O–H groups in total. The first kappa shape index (κ1) is 17.0. The molecule has 0 aliphatic heterocycles. The highest BCUT2D eigenvalue weighted by Gasteiger charge is 2.27. The van der Waals surface area contributed by atoms with Crippen LogP contribution in [0.4, 0.5) is 4.79 Å². The average Bonchev–Trinajstić information content (AvgIpc) is 2.55. The molecule has 122 valence electrons. The number of carbonyl (C=O) groups is 1. The lowest BCUT2D eigenvalue weighted by molar-refractivity contribution is 0.122. The Morgan fingerprint density at radius 2 is 1.61 bits per heavy atom. The molecule has 0 aliphatic carbocycles. The fourth-order valence-electron chi connectivity index (χ4n) is 2.49.